The van der Waals surface area contributed by atoms with E-state index in [0.717, 1.165) is 28.4 Å². The zero-order chi connectivity index (χ0) is 15.2. The molecule has 6 heteroatoms. The maximum absolute atomic E-state index is 5.94. The van der Waals surface area contributed by atoms with Gasteiger partial charge >= 0.3 is 0 Å². The predicted molar refractivity (Wildman–Crippen MR) is 83.5 cm³/mol. The third-order valence-corrected chi connectivity index (χ3v) is 3.37. The van der Waals surface area contributed by atoms with Crippen molar-refractivity contribution in [3.05, 3.63) is 40.8 Å². The van der Waals surface area contributed by atoms with Crippen molar-refractivity contribution in [2.75, 3.05) is 25.6 Å². The number of aromatic nitrogens is 2. The SMILES string of the molecule is COc1cc(C)ccc1OCCNc1ncnc(Cl)c1C. The van der Waals surface area contributed by atoms with Gasteiger partial charge in [0.15, 0.2) is 11.5 Å². The second kappa shape index (κ2) is 7.13. The zero-order valence-corrected chi connectivity index (χ0v) is 13.1. The first kappa shape index (κ1) is 15.4. The van der Waals surface area contributed by atoms with E-state index in [1.807, 2.05) is 32.0 Å². The molecule has 0 atom stereocenters. The molecule has 0 saturated heterocycles. The molecule has 1 N–H and O–H groups in total. The minimum absolute atomic E-state index is 0.452. The summed E-state index contributed by atoms with van der Waals surface area (Å²) in [4.78, 5) is 8.05. The summed E-state index contributed by atoms with van der Waals surface area (Å²) in [6, 6.07) is 5.83. The molecule has 0 amide bonds. The Hall–Kier alpha value is -2.01. The average Bonchev–Trinajstić information content (AvgIpc) is 2.48. The van der Waals surface area contributed by atoms with Crippen LogP contribution in [0.1, 0.15) is 11.1 Å². The molecule has 0 saturated carbocycles. The van der Waals surface area contributed by atoms with Gasteiger partial charge in [0.05, 0.1) is 13.7 Å². The first-order chi connectivity index (χ1) is 10.1. The van der Waals surface area contributed by atoms with E-state index in [-0.39, 0.29) is 0 Å². The van der Waals surface area contributed by atoms with Crippen molar-refractivity contribution in [1.82, 2.24) is 9.97 Å². The number of methoxy groups -OCH3 is 1. The van der Waals surface area contributed by atoms with E-state index in [0.29, 0.717) is 18.3 Å². The van der Waals surface area contributed by atoms with Gasteiger partial charge in [0.2, 0.25) is 0 Å². The van der Waals surface area contributed by atoms with Gasteiger partial charge in [0.1, 0.15) is 23.9 Å². The van der Waals surface area contributed by atoms with Crippen molar-refractivity contribution in [2.45, 2.75) is 13.8 Å². The number of ether oxygens (including phenoxy) is 2. The lowest BCUT2D eigenvalue weighted by molar-refractivity contribution is 0.305. The second-order valence-electron chi connectivity index (χ2n) is 4.57. The van der Waals surface area contributed by atoms with Crippen LogP contribution in [0.25, 0.3) is 0 Å². The van der Waals surface area contributed by atoms with E-state index < -0.39 is 0 Å². The number of rotatable bonds is 6. The third kappa shape index (κ3) is 3.98. The highest BCUT2D eigenvalue weighted by molar-refractivity contribution is 6.30. The van der Waals surface area contributed by atoms with Gasteiger partial charge in [-0.15, -0.1) is 0 Å². The Morgan fingerprint density at radius 3 is 2.76 bits per heavy atom. The van der Waals surface area contributed by atoms with Crippen LogP contribution in [0.5, 0.6) is 11.5 Å². The summed E-state index contributed by atoms with van der Waals surface area (Å²) in [6.07, 6.45) is 1.43. The Bertz CT molecular complexity index is 620. The fraction of sp³-hybridized carbons (Fsp3) is 0.333. The number of halogens is 1. The monoisotopic (exact) mass is 307 g/mol. The lowest BCUT2D eigenvalue weighted by atomic mass is 10.2. The van der Waals surface area contributed by atoms with Crippen LogP contribution in [0.3, 0.4) is 0 Å². The number of aryl methyl sites for hydroxylation is 1. The van der Waals surface area contributed by atoms with E-state index in [2.05, 4.69) is 15.3 Å². The number of hydrogen-bond acceptors (Lipinski definition) is 5. The fourth-order valence-corrected chi connectivity index (χ4v) is 1.96. The maximum atomic E-state index is 5.94. The minimum atomic E-state index is 0.452. The van der Waals surface area contributed by atoms with Crippen LogP contribution in [0.4, 0.5) is 5.82 Å². The van der Waals surface area contributed by atoms with Crippen LogP contribution in [-0.4, -0.2) is 30.2 Å². The van der Waals surface area contributed by atoms with Crippen molar-refractivity contribution < 1.29 is 9.47 Å². The van der Waals surface area contributed by atoms with Gasteiger partial charge in [-0.05, 0) is 31.5 Å². The van der Waals surface area contributed by atoms with Gasteiger partial charge in [0, 0.05) is 5.56 Å². The highest BCUT2D eigenvalue weighted by Gasteiger charge is 2.06. The number of nitrogens with one attached hydrogen (secondary N) is 1. The van der Waals surface area contributed by atoms with Crippen LogP contribution >= 0.6 is 11.6 Å². The highest BCUT2D eigenvalue weighted by Crippen LogP contribution is 2.27. The molecule has 2 aromatic rings. The molecular formula is C15H18ClN3O2. The number of nitrogens with zero attached hydrogens (tertiary/aromatic N) is 2. The number of benzene rings is 1. The standard InChI is InChI=1S/C15H18ClN3O2/c1-10-4-5-12(13(8-10)20-3)21-7-6-17-15-11(2)14(16)18-9-19-15/h4-5,8-9H,6-7H2,1-3H3,(H,17,18,19). The smallest absolute Gasteiger partial charge is 0.161 e. The molecule has 112 valence electrons. The first-order valence-electron chi connectivity index (χ1n) is 6.60. The largest absolute Gasteiger partial charge is 0.493 e. The quantitative estimate of drug-likeness (QED) is 0.656. The van der Waals surface area contributed by atoms with Crippen LogP contribution in [0.15, 0.2) is 24.5 Å². The molecule has 0 aliphatic heterocycles. The Balaban J connectivity index is 1.89. The molecular weight excluding hydrogens is 290 g/mol. The Morgan fingerprint density at radius 1 is 1.19 bits per heavy atom. The summed E-state index contributed by atoms with van der Waals surface area (Å²) in [7, 11) is 1.63. The molecule has 0 radical (unpaired) electrons. The summed E-state index contributed by atoms with van der Waals surface area (Å²) >= 11 is 5.94. The van der Waals surface area contributed by atoms with Crippen LogP contribution in [-0.2, 0) is 0 Å². The molecule has 1 aromatic heterocycles. The maximum Gasteiger partial charge on any atom is 0.161 e. The van der Waals surface area contributed by atoms with Crippen molar-refractivity contribution in [3.63, 3.8) is 0 Å². The summed E-state index contributed by atoms with van der Waals surface area (Å²) in [5, 5.41) is 3.62. The molecule has 0 bridgehead atoms. The Labute approximate surface area is 129 Å². The lowest BCUT2D eigenvalue weighted by Gasteiger charge is -2.12. The van der Waals surface area contributed by atoms with Crippen molar-refractivity contribution >= 4 is 17.4 Å². The van der Waals surface area contributed by atoms with Gasteiger partial charge in [-0.2, -0.15) is 0 Å². The molecule has 0 aliphatic rings. The normalized spacial score (nSPS) is 10.3. The van der Waals surface area contributed by atoms with Crippen molar-refractivity contribution in [2.24, 2.45) is 0 Å². The third-order valence-electron chi connectivity index (χ3n) is 2.99. The fourth-order valence-electron chi connectivity index (χ4n) is 1.83. The average molecular weight is 308 g/mol. The highest BCUT2D eigenvalue weighted by atomic mass is 35.5. The first-order valence-corrected chi connectivity index (χ1v) is 6.98. The Morgan fingerprint density at radius 2 is 2.00 bits per heavy atom. The van der Waals surface area contributed by atoms with E-state index in [9.17, 15) is 0 Å². The van der Waals surface area contributed by atoms with Crippen molar-refractivity contribution in [3.8, 4) is 11.5 Å². The molecule has 1 heterocycles. The topological polar surface area (TPSA) is 56.3 Å². The number of hydrogen-bond donors (Lipinski definition) is 1. The van der Waals surface area contributed by atoms with Crippen molar-refractivity contribution in [1.29, 1.82) is 0 Å². The molecule has 0 aliphatic carbocycles. The van der Waals surface area contributed by atoms with Crippen LogP contribution in [0.2, 0.25) is 5.15 Å². The van der Waals surface area contributed by atoms with Crippen LogP contribution < -0.4 is 14.8 Å². The van der Waals surface area contributed by atoms with E-state index >= 15 is 0 Å². The molecule has 0 spiro atoms. The molecule has 2 rings (SSSR count). The van der Waals surface area contributed by atoms with E-state index in [1.165, 1.54) is 6.33 Å². The molecule has 21 heavy (non-hydrogen) atoms. The lowest BCUT2D eigenvalue weighted by Crippen LogP contribution is -2.13. The summed E-state index contributed by atoms with van der Waals surface area (Å²) in [5.74, 6) is 2.17. The van der Waals surface area contributed by atoms with Gasteiger partial charge in [-0.3, -0.25) is 0 Å². The summed E-state index contributed by atoms with van der Waals surface area (Å²) in [6.45, 7) is 4.97. The zero-order valence-electron chi connectivity index (χ0n) is 12.3. The Kier molecular flexibility index (Phi) is 5.22. The number of anilines is 1. The second-order valence-corrected chi connectivity index (χ2v) is 4.93. The molecule has 0 fully saturated rings. The van der Waals surface area contributed by atoms with E-state index in [4.69, 9.17) is 21.1 Å². The van der Waals surface area contributed by atoms with E-state index in [1.54, 1.807) is 7.11 Å². The van der Waals surface area contributed by atoms with Gasteiger partial charge < -0.3 is 14.8 Å². The molecule has 0 unspecified atom stereocenters. The van der Waals surface area contributed by atoms with Gasteiger partial charge in [-0.1, -0.05) is 17.7 Å². The van der Waals surface area contributed by atoms with Gasteiger partial charge in [0.25, 0.3) is 0 Å². The summed E-state index contributed by atoms with van der Waals surface area (Å²) < 4.78 is 11.0. The minimum Gasteiger partial charge on any atom is -0.493 e. The summed E-state index contributed by atoms with van der Waals surface area (Å²) in [5.41, 5.74) is 1.95. The molecule has 1 aromatic carbocycles. The predicted octanol–water partition coefficient (Wildman–Crippen LogP) is 3.25. The molecule has 5 nitrogen and oxygen atoms in total. The van der Waals surface area contributed by atoms with Gasteiger partial charge in [-0.25, -0.2) is 9.97 Å². The van der Waals surface area contributed by atoms with Crippen LogP contribution in [0, 0.1) is 13.8 Å².